The number of anilines is 1. The molecule has 0 aliphatic carbocycles. The predicted octanol–water partition coefficient (Wildman–Crippen LogP) is 1.10. The first kappa shape index (κ1) is 11.5. The summed E-state index contributed by atoms with van der Waals surface area (Å²) in [5, 5.41) is 0. The summed E-state index contributed by atoms with van der Waals surface area (Å²) in [5.41, 5.74) is 3.19. The molecule has 1 aromatic carbocycles. The third-order valence-electron chi connectivity index (χ3n) is 2.03. The minimum atomic E-state index is -0.279. The molecule has 5 heteroatoms. The van der Waals surface area contributed by atoms with Gasteiger partial charge in [0.05, 0.1) is 0 Å². The van der Waals surface area contributed by atoms with Gasteiger partial charge >= 0.3 is 0 Å². The van der Waals surface area contributed by atoms with E-state index in [9.17, 15) is 4.39 Å². The molecule has 0 fully saturated rings. The molecule has 82 valence electrons. The molecule has 0 heterocycles. The molecular formula is C10H15FN4. The molecule has 0 spiro atoms. The summed E-state index contributed by atoms with van der Waals surface area (Å²) in [6, 6.07) is 6.29. The second kappa shape index (κ2) is 5.31. The summed E-state index contributed by atoms with van der Waals surface area (Å²) >= 11 is 0. The minimum Gasteiger partial charge on any atom is -0.312 e. The van der Waals surface area contributed by atoms with Crippen LogP contribution in [0.5, 0.6) is 0 Å². The molecule has 0 saturated carbocycles. The number of benzene rings is 1. The average molecular weight is 210 g/mol. The number of halogens is 1. The van der Waals surface area contributed by atoms with Crippen LogP contribution in [-0.2, 0) is 0 Å². The maximum absolute atomic E-state index is 13.0. The van der Waals surface area contributed by atoms with E-state index >= 15 is 0 Å². The highest BCUT2D eigenvalue weighted by Gasteiger charge is 2.10. The van der Waals surface area contributed by atoms with E-state index in [4.69, 9.17) is 5.84 Å². The van der Waals surface area contributed by atoms with Crippen molar-refractivity contribution in [1.29, 1.82) is 0 Å². The van der Waals surface area contributed by atoms with E-state index in [0.29, 0.717) is 12.5 Å². The van der Waals surface area contributed by atoms with E-state index in [2.05, 4.69) is 10.4 Å². The van der Waals surface area contributed by atoms with Crippen LogP contribution in [0.1, 0.15) is 6.92 Å². The number of aliphatic imine (C=N–C) groups is 1. The molecule has 0 amide bonds. The predicted molar refractivity (Wildman–Crippen MR) is 60.1 cm³/mol. The normalized spacial score (nSPS) is 11.3. The first-order chi connectivity index (χ1) is 7.22. The summed E-state index contributed by atoms with van der Waals surface area (Å²) in [6.07, 6.45) is 0. The second-order valence-corrected chi connectivity index (χ2v) is 2.92. The van der Waals surface area contributed by atoms with Gasteiger partial charge in [-0.25, -0.2) is 10.2 Å². The maximum atomic E-state index is 13.0. The van der Waals surface area contributed by atoms with Crippen molar-refractivity contribution in [2.75, 3.05) is 18.5 Å². The van der Waals surface area contributed by atoms with Gasteiger partial charge in [0.15, 0.2) is 0 Å². The molecule has 1 rings (SSSR count). The Kier molecular flexibility index (Phi) is 4.05. The van der Waals surface area contributed by atoms with Gasteiger partial charge in [-0.05, 0) is 25.1 Å². The van der Waals surface area contributed by atoms with Crippen molar-refractivity contribution in [1.82, 2.24) is 5.43 Å². The van der Waals surface area contributed by atoms with Crippen molar-refractivity contribution in [3.05, 3.63) is 30.1 Å². The summed E-state index contributed by atoms with van der Waals surface area (Å²) < 4.78 is 13.0. The number of rotatable bonds is 2. The fraction of sp³-hybridized carbons (Fsp3) is 0.300. The fourth-order valence-electron chi connectivity index (χ4n) is 1.36. The number of hydrogen-bond donors (Lipinski definition) is 2. The average Bonchev–Trinajstić information content (AvgIpc) is 2.25. The van der Waals surface area contributed by atoms with Gasteiger partial charge in [0.25, 0.3) is 0 Å². The van der Waals surface area contributed by atoms with Gasteiger partial charge in [-0.3, -0.25) is 10.4 Å². The number of guanidine groups is 1. The van der Waals surface area contributed by atoms with Crippen LogP contribution in [0.2, 0.25) is 0 Å². The molecule has 0 saturated heterocycles. The largest absolute Gasteiger partial charge is 0.312 e. The fourth-order valence-corrected chi connectivity index (χ4v) is 1.36. The first-order valence-corrected chi connectivity index (χ1v) is 4.69. The van der Waals surface area contributed by atoms with Gasteiger partial charge in [-0.15, -0.1) is 0 Å². The number of hydrazine groups is 1. The smallest absolute Gasteiger partial charge is 0.212 e. The third kappa shape index (κ3) is 2.66. The highest BCUT2D eigenvalue weighted by molar-refractivity contribution is 5.95. The molecule has 4 nitrogen and oxygen atoms in total. The van der Waals surface area contributed by atoms with Crippen LogP contribution in [-0.4, -0.2) is 19.6 Å². The number of nitrogens with zero attached hydrogens (tertiary/aromatic N) is 2. The number of hydrogen-bond acceptors (Lipinski definition) is 2. The Balaban J connectivity index is 3.02. The van der Waals surface area contributed by atoms with Crippen molar-refractivity contribution in [2.24, 2.45) is 10.8 Å². The molecule has 0 aliphatic rings. The van der Waals surface area contributed by atoms with Crippen LogP contribution in [0, 0.1) is 5.82 Å². The maximum Gasteiger partial charge on any atom is 0.212 e. The molecule has 0 unspecified atom stereocenters. The molecule has 3 N–H and O–H groups in total. The lowest BCUT2D eigenvalue weighted by molar-refractivity contribution is 0.627. The quantitative estimate of drug-likeness (QED) is 0.332. The highest BCUT2D eigenvalue weighted by atomic mass is 19.1. The zero-order valence-corrected chi connectivity index (χ0v) is 8.87. The molecule has 0 atom stereocenters. The van der Waals surface area contributed by atoms with Crippen molar-refractivity contribution in [3.8, 4) is 0 Å². The van der Waals surface area contributed by atoms with Gasteiger partial charge < -0.3 is 4.90 Å². The first-order valence-electron chi connectivity index (χ1n) is 4.69. The van der Waals surface area contributed by atoms with Gasteiger partial charge in [0, 0.05) is 19.3 Å². The SMILES string of the molecule is CCN(C(=NC)NN)c1cccc(F)c1. The molecule has 1 aromatic rings. The Hall–Kier alpha value is -1.62. The number of nitrogens with two attached hydrogens (primary N) is 1. The van der Waals surface area contributed by atoms with Crippen LogP contribution < -0.4 is 16.2 Å². The Morgan fingerprint density at radius 3 is 2.80 bits per heavy atom. The zero-order chi connectivity index (χ0) is 11.3. The number of nitrogens with one attached hydrogen (secondary N) is 1. The molecule has 0 radical (unpaired) electrons. The van der Waals surface area contributed by atoms with Gasteiger partial charge in [-0.1, -0.05) is 6.07 Å². The lowest BCUT2D eigenvalue weighted by Crippen LogP contribution is -2.44. The standard InChI is InChI=1S/C10H15FN4/c1-3-15(10(13-2)14-12)9-6-4-5-8(11)7-9/h4-7H,3,12H2,1-2H3,(H,13,14). The molecule has 0 aromatic heterocycles. The molecule has 0 bridgehead atoms. The van der Waals surface area contributed by atoms with E-state index in [1.165, 1.54) is 12.1 Å². The van der Waals surface area contributed by atoms with E-state index in [1.807, 2.05) is 6.92 Å². The lowest BCUT2D eigenvalue weighted by Gasteiger charge is -2.23. The Labute approximate surface area is 88.6 Å². The van der Waals surface area contributed by atoms with Crippen LogP contribution in [0.3, 0.4) is 0 Å². The van der Waals surface area contributed by atoms with Crippen molar-refractivity contribution >= 4 is 11.6 Å². The van der Waals surface area contributed by atoms with Crippen LogP contribution in [0.25, 0.3) is 0 Å². The minimum absolute atomic E-state index is 0.279. The Morgan fingerprint density at radius 1 is 1.60 bits per heavy atom. The lowest BCUT2D eigenvalue weighted by atomic mass is 10.3. The molecule has 15 heavy (non-hydrogen) atoms. The summed E-state index contributed by atoms with van der Waals surface area (Å²) in [7, 11) is 1.62. The van der Waals surface area contributed by atoms with Gasteiger partial charge in [-0.2, -0.15) is 0 Å². The van der Waals surface area contributed by atoms with Crippen molar-refractivity contribution in [3.63, 3.8) is 0 Å². The van der Waals surface area contributed by atoms with Crippen molar-refractivity contribution in [2.45, 2.75) is 6.92 Å². The van der Waals surface area contributed by atoms with Crippen LogP contribution >= 0.6 is 0 Å². The zero-order valence-electron chi connectivity index (χ0n) is 8.87. The van der Waals surface area contributed by atoms with E-state index in [0.717, 1.165) is 5.69 Å². The third-order valence-corrected chi connectivity index (χ3v) is 2.03. The summed E-state index contributed by atoms with van der Waals surface area (Å²) in [6.45, 7) is 2.59. The monoisotopic (exact) mass is 210 g/mol. The highest BCUT2D eigenvalue weighted by Crippen LogP contribution is 2.15. The topological polar surface area (TPSA) is 53.6 Å². The van der Waals surface area contributed by atoms with Crippen LogP contribution in [0.15, 0.2) is 29.3 Å². The second-order valence-electron chi connectivity index (χ2n) is 2.92. The van der Waals surface area contributed by atoms with Gasteiger partial charge in [0.1, 0.15) is 5.82 Å². The van der Waals surface area contributed by atoms with E-state index < -0.39 is 0 Å². The van der Waals surface area contributed by atoms with Gasteiger partial charge in [0.2, 0.25) is 5.96 Å². The summed E-state index contributed by atoms with van der Waals surface area (Å²) in [4.78, 5) is 5.75. The van der Waals surface area contributed by atoms with E-state index in [-0.39, 0.29) is 5.82 Å². The van der Waals surface area contributed by atoms with Crippen LogP contribution in [0.4, 0.5) is 10.1 Å². The molecular weight excluding hydrogens is 195 g/mol. The van der Waals surface area contributed by atoms with Crippen molar-refractivity contribution < 1.29 is 4.39 Å². The molecule has 0 aliphatic heterocycles. The van der Waals surface area contributed by atoms with E-state index in [1.54, 1.807) is 24.1 Å². The Morgan fingerprint density at radius 2 is 2.33 bits per heavy atom. The summed E-state index contributed by atoms with van der Waals surface area (Å²) in [5.74, 6) is 5.54. The Bertz CT molecular complexity index is 351.